The number of fused-ring (bicyclic) bond motifs is 1. The van der Waals surface area contributed by atoms with Gasteiger partial charge in [-0.2, -0.15) is 4.98 Å². The van der Waals surface area contributed by atoms with E-state index in [9.17, 15) is 0 Å². The van der Waals surface area contributed by atoms with E-state index in [-0.39, 0.29) is 0 Å². The fourth-order valence-electron chi connectivity index (χ4n) is 3.21. The van der Waals surface area contributed by atoms with Crippen molar-refractivity contribution in [2.45, 2.75) is 51.5 Å². The van der Waals surface area contributed by atoms with Crippen LogP contribution in [0.5, 0.6) is 0 Å². The third-order valence-electron chi connectivity index (χ3n) is 4.47. The van der Waals surface area contributed by atoms with Crippen molar-refractivity contribution in [3.8, 4) is 11.4 Å². The van der Waals surface area contributed by atoms with Crippen LogP contribution in [0.3, 0.4) is 0 Å². The molecule has 1 saturated carbocycles. The normalized spacial score (nSPS) is 16.4. The van der Waals surface area contributed by atoms with Crippen molar-refractivity contribution in [3.05, 3.63) is 24.1 Å². The van der Waals surface area contributed by atoms with Crippen LogP contribution in [0.2, 0.25) is 0 Å². The summed E-state index contributed by atoms with van der Waals surface area (Å²) in [5, 5.41) is 12.5. The first-order valence-electron chi connectivity index (χ1n) is 8.02. The molecule has 0 radical (unpaired) electrons. The highest BCUT2D eigenvalue weighted by atomic mass is 16.5. The van der Waals surface area contributed by atoms with Gasteiger partial charge in [-0.15, -0.1) is 5.10 Å². The first kappa shape index (κ1) is 13.4. The Kier molecular flexibility index (Phi) is 3.36. The van der Waals surface area contributed by atoms with Crippen molar-refractivity contribution in [1.82, 2.24) is 25.1 Å². The fourth-order valence-corrected chi connectivity index (χ4v) is 3.21. The molecule has 1 aliphatic carbocycles. The Morgan fingerprint density at radius 1 is 1.23 bits per heavy atom. The van der Waals surface area contributed by atoms with Gasteiger partial charge < -0.3 is 4.52 Å². The molecule has 3 aromatic rings. The molecular weight excluding hydrogens is 278 g/mol. The number of aromatic nitrogens is 5. The summed E-state index contributed by atoms with van der Waals surface area (Å²) < 4.78 is 7.37. The zero-order valence-electron chi connectivity index (χ0n) is 12.7. The lowest BCUT2D eigenvalue weighted by atomic mass is 9.89. The molecule has 6 nitrogen and oxygen atoms in total. The van der Waals surface area contributed by atoms with Gasteiger partial charge in [0.1, 0.15) is 5.52 Å². The van der Waals surface area contributed by atoms with E-state index in [1.54, 1.807) is 0 Å². The maximum absolute atomic E-state index is 5.49. The van der Waals surface area contributed by atoms with Crippen LogP contribution in [0.15, 0.2) is 22.7 Å². The number of rotatable bonds is 3. The average Bonchev–Trinajstić information content (AvgIpc) is 3.22. The smallest absolute Gasteiger partial charge is 0.230 e. The number of hydrogen-bond donors (Lipinski definition) is 0. The maximum atomic E-state index is 5.49. The molecule has 0 amide bonds. The van der Waals surface area contributed by atoms with Crippen LogP contribution >= 0.6 is 0 Å². The summed E-state index contributed by atoms with van der Waals surface area (Å²) in [6, 6.07) is 6.00. The Hall–Kier alpha value is -2.24. The molecule has 0 bridgehead atoms. The van der Waals surface area contributed by atoms with Crippen LogP contribution in [0, 0.1) is 0 Å². The fraction of sp³-hybridized carbons (Fsp3) is 0.500. The predicted molar refractivity (Wildman–Crippen MR) is 82.3 cm³/mol. The quantitative estimate of drug-likeness (QED) is 0.739. The van der Waals surface area contributed by atoms with Crippen molar-refractivity contribution in [1.29, 1.82) is 0 Å². The van der Waals surface area contributed by atoms with Crippen molar-refractivity contribution in [2.24, 2.45) is 0 Å². The van der Waals surface area contributed by atoms with Crippen molar-refractivity contribution >= 4 is 11.0 Å². The molecule has 0 atom stereocenters. The summed E-state index contributed by atoms with van der Waals surface area (Å²) in [5.74, 6) is 1.86. The highest BCUT2D eigenvalue weighted by Crippen LogP contribution is 2.32. The zero-order valence-corrected chi connectivity index (χ0v) is 12.7. The third kappa shape index (κ3) is 2.28. The molecule has 1 fully saturated rings. The van der Waals surface area contributed by atoms with Gasteiger partial charge >= 0.3 is 0 Å². The Bertz CT molecular complexity index is 785. The summed E-state index contributed by atoms with van der Waals surface area (Å²) in [6.45, 7) is 2.86. The minimum atomic E-state index is 0.430. The van der Waals surface area contributed by atoms with E-state index in [0.29, 0.717) is 11.7 Å². The number of hydrogen-bond acceptors (Lipinski definition) is 5. The second kappa shape index (κ2) is 5.51. The highest BCUT2D eigenvalue weighted by molar-refractivity contribution is 5.79. The van der Waals surface area contributed by atoms with Gasteiger partial charge in [0.2, 0.25) is 11.7 Å². The first-order valence-corrected chi connectivity index (χ1v) is 8.02. The Morgan fingerprint density at radius 3 is 2.91 bits per heavy atom. The van der Waals surface area contributed by atoms with E-state index in [1.165, 1.54) is 19.3 Å². The van der Waals surface area contributed by atoms with E-state index < -0.39 is 0 Å². The SMILES string of the molecule is CCn1nnc2cc(-c3noc(C4CCCCC4)n3)ccc21. The molecule has 0 spiro atoms. The van der Waals surface area contributed by atoms with Crippen LogP contribution in [0.1, 0.15) is 50.8 Å². The average molecular weight is 297 g/mol. The van der Waals surface area contributed by atoms with Gasteiger partial charge in [0, 0.05) is 18.0 Å². The van der Waals surface area contributed by atoms with Crippen LogP contribution < -0.4 is 0 Å². The zero-order chi connectivity index (χ0) is 14.9. The molecule has 0 unspecified atom stereocenters. The van der Waals surface area contributed by atoms with Crippen molar-refractivity contribution < 1.29 is 4.52 Å². The van der Waals surface area contributed by atoms with E-state index in [0.717, 1.165) is 41.9 Å². The molecule has 22 heavy (non-hydrogen) atoms. The molecule has 114 valence electrons. The van der Waals surface area contributed by atoms with E-state index in [2.05, 4.69) is 27.4 Å². The minimum Gasteiger partial charge on any atom is -0.339 e. The Morgan fingerprint density at radius 2 is 2.09 bits per heavy atom. The van der Waals surface area contributed by atoms with Gasteiger partial charge in [-0.1, -0.05) is 29.6 Å². The molecule has 0 aliphatic heterocycles. The highest BCUT2D eigenvalue weighted by Gasteiger charge is 2.22. The minimum absolute atomic E-state index is 0.430. The lowest BCUT2D eigenvalue weighted by Gasteiger charge is -2.17. The van der Waals surface area contributed by atoms with Gasteiger partial charge in [0.15, 0.2) is 0 Å². The number of nitrogens with zero attached hydrogens (tertiary/aromatic N) is 5. The summed E-state index contributed by atoms with van der Waals surface area (Å²) in [7, 11) is 0. The van der Waals surface area contributed by atoms with Crippen molar-refractivity contribution in [2.75, 3.05) is 0 Å². The third-order valence-corrected chi connectivity index (χ3v) is 4.47. The molecule has 6 heteroatoms. The van der Waals surface area contributed by atoms with Crippen LogP contribution in [0.4, 0.5) is 0 Å². The summed E-state index contributed by atoms with van der Waals surface area (Å²) in [6.07, 6.45) is 6.15. The second-order valence-corrected chi connectivity index (χ2v) is 5.90. The first-order chi connectivity index (χ1) is 10.8. The van der Waals surface area contributed by atoms with E-state index in [1.807, 2.05) is 22.9 Å². The maximum Gasteiger partial charge on any atom is 0.230 e. The van der Waals surface area contributed by atoms with Crippen LogP contribution in [-0.2, 0) is 6.54 Å². The molecule has 2 aromatic heterocycles. The Labute approximate surface area is 128 Å². The number of aryl methyl sites for hydroxylation is 1. The molecular formula is C16H19N5O. The molecule has 1 aliphatic rings. The lowest BCUT2D eigenvalue weighted by Crippen LogP contribution is -2.04. The largest absolute Gasteiger partial charge is 0.339 e. The van der Waals surface area contributed by atoms with Crippen LogP contribution in [0.25, 0.3) is 22.4 Å². The van der Waals surface area contributed by atoms with Crippen LogP contribution in [-0.4, -0.2) is 25.1 Å². The van der Waals surface area contributed by atoms with E-state index >= 15 is 0 Å². The molecule has 1 aromatic carbocycles. The monoisotopic (exact) mass is 297 g/mol. The predicted octanol–water partition coefficient (Wildman–Crippen LogP) is 3.55. The van der Waals surface area contributed by atoms with Gasteiger partial charge in [0.25, 0.3) is 0 Å². The molecule has 2 heterocycles. The van der Waals surface area contributed by atoms with Gasteiger partial charge in [-0.05, 0) is 38.0 Å². The van der Waals surface area contributed by atoms with Gasteiger partial charge in [0.05, 0.1) is 5.52 Å². The van der Waals surface area contributed by atoms with Gasteiger partial charge in [-0.25, -0.2) is 4.68 Å². The lowest BCUT2D eigenvalue weighted by molar-refractivity contribution is 0.314. The van der Waals surface area contributed by atoms with Gasteiger partial charge in [-0.3, -0.25) is 0 Å². The molecule has 4 rings (SSSR count). The topological polar surface area (TPSA) is 69.6 Å². The van der Waals surface area contributed by atoms with E-state index in [4.69, 9.17) is 4.52 Å². The second-order valence-electron chi connectivity index (χ2n) is 5.90. The Balaban J connectivity index is 1.65. The number of benzene rings is 1. The standard InChI is InChI=1S/C16H19N5O/c1-2-21-14-9-8-12(10-13(14)18-20-21)15-17-16(22-19-15)11-6-4-3-5-7-11/h8-11H,2-7H2,1H3. The van der Waals surface area contributed by atoms with Crippen molar-refractivity contribution in [3.63, 3.8) is 0 Å². The molecule has 0 N–H and O–H groups in total. The summed E-state index contributed by atoms with van der Waals surface area (Å²) >= 11 is 0. The summed E-state index contributed by atoms with van der Waals surface area (Å²) in [5.41, 5.74) is 2.83. The summed E-state index contributed by atoms with van der Waals surface area (Å²) in [4.78, 5) is 4.61. The molecule has 0 saturated heterocycles.